The third-order valence-corrected chi connectivity index (χ3v) is 6.89. The van der Waals surface area contributed by atoms with Crippen LogP contribution in [0.4, 0.5) is 11.4 Å². The van der Waals surface area contributed by atoms with E-state index in [4.69, 9.17) is 23.2 Å². The molecule has 0 aliphatic heterocycles. The molecule has 0 radical (unpaired) electrons. The lowest BCUT2D eigenvalue weighted by Gasteiger charge is -2.23. The van der Waals surface area contributed by atoms with Gasteiger partial charge in [-0.05, 0) is 30.3 Å². The molecule has 1 amide bonds. The van der Waals surface area contributed by atoms with Crippen molar-refractivity contribution in [3.8, 4) is 0 Å². The lowest BCUT2D eigenvalue weighted by atomic mass is 10.3. The van der Waals surface area contributed by atoms with E-state index in [2.05, 4.69) is 5.32 Å². The number of hydrogen-bond acceptors (Lipinski definition) is 5. The van der Waals surface area contributed by atoms with E-state index in [1.54, 1.807) is 31.3 Å². The van der Waals surface area contributed by atoms with Gasteiger partial charge < -0.3 is 9.88 Å². The molecule has 0 aliphatic carbocycles. The zero-order valence-corrected chi connectivity index (χ0v) is 17.9. The number of aryl methyl sites for hydroxylation is 1. The Hall–Kier alpha value is -2.07. The van der Waals surface area contributed by atoms with Gasteiger partial charge in [0.1, 0.15) is 6.54 Å². The van der Waals surface area contributed by atoms with Gasteiger partial charge in [-0.15, -0.1) is 0 Å². The number of anilines is 2. The second kappa shape index (κ2) is 7.75. The topological polar surface area (TPSA) is 88.5 Å². The second-order valence-electron chi connectivity index (χ2n) is 6.00. The molecule has 7 nitrogen and oxygen atoms in total. The number of sulfonamides is 1. The van der Waals surface area contributed by atoms with Gasteiger partial charge in [-0.3, -0.25) is 13.9 Å². The number of carbonyl (C=O) groups is 1. The van der Waals surface area contributed by atoms with Crippen LogP contribution >= 0.6 is 34.5 Å². The molecule has 1 aromatic heterocycles. The maximum Gasteiger partial charge on any atom is 0.307 e. The molecule has 0 saturated heterocycles. The van der Waals surface area contributed by atoms with Crippen LogP contribution in [0.3, 0.4) is 0 Å². The molecule has 0 unspecified atom stereocenters. The first-order valence-corrected chi connectivity index (χ1v) is 11.3. The van der Waals surface area contributed by atoms with Crippen molar-refractivity contribution in [2.45, 2.75) is 0 Å². The molecule has 148 valence electrons. The fraction of sp³-hybridized carbons (Fsp3) is 0.176. The van der Waals surface area contributed by atoms with Crippen LogP contribution in [0.5, 0.6) is 0 Å². The predicted molar refractivity (Wildman–Crippen MR) is 114 cm³/mol. The number of benzene rings is 2. The third kappa shape index (κ3) is 4.17. The fourth-order valence-corrected chi connectivity index (χ4v) is 4.84. The molecule has 3 aromatic rings. The molecular formula is C17H15Cl2N3O4S2. The maximum atomic E-state index is 12.5. The number of halogens is 2. The molecule has 0 spiro atoms. The van der Waals surface area contributed by atoms with Gasteiger partial charge in [0.2, 0.25) is 15.9 Å². The summed E-state index contributed by atoms with van der Waals surface area (Å²) < 4.78 is 27.5. The highest BCUT2D eigenvalue weighted by atomic mass is 35.5. The maximum absolute atomic E-state index is 12.5. The average molecular weight is 460 g/mol. The summed E-state index contributed by atoms with van der Waals surface area (Å²) >= 11 is 13.1. The molecule has 1 N–H and O–H groups in total. The minimum absolute atomic E-state index is 0.0397. The summed E-state index contributed by atoms with van der Waals surface area (Å²) in [6.45, 7) is -0.484. The van der Waals surface area contributed by atoms with Gasteiger partial charge in [0, 0.05) is 12.7 Å². The summed E-state index contributed by atoms with van der Waals surface area (Å²) in [7, 11) is -2.13. The Morgan fingerprint density at radius 2 is 1.96 bits per heavy atom. The zero-order chi connectivity index (χ0) is 20.6. The number of nitrogens with zero attached hydrogens (tertiary/aromatic N) is 2. The Bertz CT molecular complexity index is 1230. The van der Waals surface area contributed by atoms with Gasteiger partial charge >= 0.3 is 4.87 Å². The normalized spacial score (nSPS) is 11.6. The van der Waals surface area contributed by atoms with Crippen molar-refractivity contribution in [1.82, 2.24) is 4.57 Å². The quantitative estimate of drug-likeness (QED) is 0.633. The Balaban J connectivity index is 1.87. The monoisotopic (exact) mass is 459 g/mol. The van der Waals surface area contributed by atoms with Gasteiger partial charge in [0.05, 0.1) is 32.2 Å². The molecule has 11 heteroatoms. The van der Waals surface area contributed by atoms with Crippen molar-refractivity contribution >= 4 is 72.1 Å². The van der Waals surface area contributed by atoms with Gasteiger partial charge in [-0.1, -0.05) is 40.6 Å². The Morgan fingerprint density at radius 1 is 1.25 bits per heavy atom. The highest BCUT2D eigenvalue weighted by molar-refractivity contribution is 7.92. The van der Waals surface area contributed by atoms with Crippen LogP contribution in [0, 0.1) is 0 Å². The van der Waals surface area contributed by atoms with E-state index < -0.39 is 22.5 Å². The number of thiazole rings is 1. The molecule has 0 aliphatic rings. The van der Waals surface area contributed by atoms with Crippen LogP contribution in [0.25, 0.3) is 10.2 Å². The number of aromatic nitrogens is 1. The van der Waals surface area contributed by atoms with Crippen molar-refractivity contribution in [1.29, 1.82) is 0 Å². The van der Waals surface area contributed by atoms with Crippen LogP contribution in [-0.2, 0) is 21.9 Å². The number of fused-ring (bicyclic) bond motifs is 1. The summed E-state index contributed by atoms with van der Waals surface area (Å²) in [5.74, 6) is -0.566. The van der Waals surface area contributed by atoms with E-state index in [0.717, 1.165) is 27.4 Å². The van der Waals surface area contributed by atoms with E-state index in [1.165, 1.54) is 16.7 Å². The van der Waals surface area contributed by atoms with Crippen molar-refractivity contribution < 1.29 is 13.2 Å². The summed E-state index contributed by atoms with van der Waals surface area (Å²) in [5, 5.41) is 2.86. The number of amides is 1. The molecule has 2 aromatic carbocycles. The number of carbonyl (C=O) groups excluding carboxylic acids is 1. The van der Waals surface area contributed by atoms with Gasteiger partial charge in [0.25, 0.3) is 0 Å². The van der Waals surface area contributed by atoms with Crippen LogP contribution in [0.1, 0.15) is 0 Å². The van der Waals surface area contributed by atoms with E-state index in [-0.39, 0.29) is 20.6 Å². The van der Waals surface area contributed by atoms with Crippen LogP contribution in [0.2, 0.25) is 10.0 Å². The molecule has 0 bridgehead atoms. The summed E-state index contributed by atoms with van der Waals surface area (Å²) in [6.07, 6.45) is 0.977. The summed E-state index contributed by atoms with van der Waals surface area (Å²) in [4.78, 5) is 24.1. The molecule has 0 saturated carbocycles. The SMILES string of the molecule is Cn1c(=O)sc2cc(NC(=O)CN(c3cccc(Cl)c3Cl)S(C)(=O)=O)ccc21. The molecule has 0 fully saturated rings. The first kappa shape index (κ1) is 20.7. The number of hydrogen-bond donors (Lipinski definition) is 1. The smallest absolute Gasteiger partial charge is 0.307 e. The summed E-state index contributed by atoms with van der Waals surface area (Å²) in [5.41, 5.74) is 1.31. The molecule has 28 heavy (non-hydrogen) atoms. The lowest BCUT2D eigenvalue weighted by molar-refractivity contribution is -0.114. The standard InChI is InChI=1S/C17H15Cl2N3O4S2/c1-21-12-7-6-10(8-14(12)27-17(21)24)20-15(23)9-22(28(2,25)26)13-5-3-4-11(18)16(13)19/h3-8H,9H2,1-2H3,(H,20,23). The molecule has 1 heterocycles. The number of nitrogens with one attached hydrogen (secondary N) is 1. The highest BCUT2D eigenvalue weighted by Crippen LogP contribution is 2.33. The van der Waals surface area contributed by atoms with Gasteiger partial charge in [0.15, 0.2) is 0 Å². The Morgan fingerprint density at radius 3 is 2.64 bits per heavy atom. The predicted octanol–water partition coefficient (Wildman–Crippen LogP) is 3.31. The minimum Gasteiger partial charge on any atom is -0.324 e. The van der Waals surface area contributed by atoms with Crippen LogP contribution in [0.15, 0.2) is 41.2 Å². The summed E-state index contributed by atoms with van der Waals surface area (Å²) in [6, 6.07) is 9.56. The minimum atomic E-state index is -3.79. The van der Waals surface area contributed by atoms with Crippen molar-refractivity contribution in [2.75, 3.05) is 22.4 Å². The van der Waals surface area contributed by atoms with Crippen LogP contribution in [-0.4, -0.2) is 31.7 Å². The first-order valence-electron chi connectivity index (χ1n) is 7.89. The van der Waals surface area contributed by atoms with E-state index in [9.17, 15) is 18.0 Å². The van der Waals surface area contributed by atoms with E-state index >= 15 is 0 Å². The highest BCUT2D eigenvalue weighted by Gasteiger charge is 2.24. The molecular weight excluding hydrogens is 445 g/mol. The lowest BCUT2D eigenvalue weighted by Crippen LogP contribution is -2.37. The third-order valence-electron chi connectivity index (χ3n) is 3.96. The second-order valence-corrected chi connectivity index (χ2v) is 9.69. The Kier molecular flexibility index (Phi) is 5.72. The van der Waals surface area contributed by atoms with E-state index in [0.29, 0.717) is 10.4 Å². The zero-order valence-electron chi connectivity index (χ0n) is 14.8. The van der Waals surface area contributed by atoms with Crippen molar-refractivity contribution in [3.05, 3.63) is 56.1 Å². The Labute approximate surface area is 175 Å². The van der Waals surface area contributed by atoms with Crippen molar-refractivity contribution in [3.63, 3.8) is 0 Å². The van der Waals surface area contributed by atoms with Crippen molar-refractivity contribution in [2.24, 2.45) is 7.05 Å². The average Bonchev–Trinajstić information content (AvgIpc) is 2.88. The van der Waals surface area contributed by atoms with Crippen LogP contribution < -0.4 is 14.5 Å². The van der Waals surface area contributed by atoms with Gasteiger partial charge in [-0.2, -0.15) is 0 Å². The molecule has 3 rings (SSSR count). The number of rotatable bonds is 5. The largest absolute Gasteiger partial charge is 0.324 e. The van der Waals surface area contributed by atoms with Gasteiger partial charge in [-0.25, -0.2) is 8.42 Å². The fourth-order valence-electron chi connectivity index (χ4n) is 2.61. The van der Waals surface area contributed by atoms with E-state index in [1.807, 2.05) is 0 Å². The molecule has 0 atom stereocenters. The first-order chi connectivity index (χ1) is 13.1.